The monoisotopic (exact) mass is 268 g/mol. The fourth-order valence-corrected chi connectivity index (χ4v) is 1.30. The molecule has 0 aromatic carbocycles. The number of nitrogen functional groups attached to an aromatic ring is 1. The Bertz CT molecular complexity index is 462. The number of nitrogens with one attached hydrogen (secondary N) is 1. The molecule has 15 heavy (non-hydrogen) atoms. The number of aromatic nitrogens is 4. The fourth-order valence-electron chi connectivity index (χ4n) is 1.10. The van der Waals surface area contributed by atoms with Crippen LogP contribution >= 0.6 is 15.9 Å². The van der Waals surface area contributed by atoms with Gasteiger partial charge in [-0.3, -0.25) is 4.68 Å². The molecule has 0 atom stereocenters. The zero-order valence-electron chi connectivity index (χ0n) is 7.98. The highest BCUT2D eigenvalue weighted by molar-refractivity contribution is 9.10. The van der Waals surface area contributed by atoms with Crippen molar-refractivity contribution in [3.05, 3.63) is 23.1 Å². The average Bonchev–Trinajstić information content (AvgIpc) is 2.49. The molecule has 0 unspecified atom stereocenters. The Morgan fingerprint density at radius 1 is 1.40 bits per heavy atom. The van der Waals surface area contributed by atoms with Gasteiger partial charge in [0.25, 0.3) is 0 Å². The van der Waals surface area contributed by atoms with Crippen molar-refractivity contribution in [1.29, 1.82) is 0 Å². The lowest BCUT2D eigenvalue weighted by Crippen LogP contribution is -1.98. The highest BCUT2D eigenvalue weighted by Crippen LogP contribution is 2.18. The minimum absolute atomic E-state index is 0.420. The molecular weight excluding hydrogens is 260 g/mol. The number of nitrogens with two attached hydrogens (primary N) is 1. The number of anilines is 3. The summed E-state index contributed by atoms with van der Waals surface area (Å²) in [7, 11) is 1.80. The van der Waals surface area contributed by atoms with Gasteiger partial charge in [-0.1, -0.05) is 0 Å². The van der Waals surface area contributed by atoms with E-state index in [2.05, 4.69) is 36.3 Å². The maximum Gasteiger partial charge on any atom is 0.227 e. The predicted molar refractivity (Wildman–Crippen MR) is 60.6 cm³/mol. The standard InChI is InChI=1S/C8H9BrN6/c1-15-4-6(7(10)14-15)13-8-11-2-5(9)3-12-8/h2-4H,1H3,(H2,10,14)(H,11,12,13). The zero-order valence-corrected chi connectivity index (χ0v) is 9.56. The van der Waals surface area contributed by atoms with E-state index in [-0.39, 0.29) is 0 Å². The molecule has 3 N–H and O–H groups in total. The first kappa shape index (κ1) is 9.91. The van der Waals surface area contributed by atoms with Crippen molar-refractivity contribution in [2.45, 2.75) is 0 Å². The highest BCUT2D eigenvalue weighted by atomic mass is 79.9. The lowest BCUT2D eigenvalue weighted by atomic mass is 10.5. The van der Waals surface area contributed by atoms with Crippen molar-refractivity contribution in [3.8, 4) is 0 Å². The molecule has 2 rings (SSSR count). The molecule has 0 saturated heterocycles. The van der Waals surface area contributed by atoms with Crippen LogP contribution in [0.25, 0.3) is 0 Å². The van der Waals surface area contributed by atoms with Crippen molar-refractivity contribution < 1.29 is 0 Å². The molecule has 0 spiro atoms. The average molecular weight is 269 g/mol. The Morgan fingerprint density at radius 3 is 2.60 bits per heavy atom. The third-order valence-electron chi connectivity index (χ3n) is 1.72. The molecule has 0 aliphatic carbocycles. The number of nitrogens with zero attached hydrogens (tertiary/aromatic N) is 4. The van der Waals surface area contributed by atoms with E-state index < -0.39 is 0 Å². The molecule has 0 saturated carbocycles. The van der Waals surface area contributed by atoms with Crippen molar-refractivity contribution in [2.24, 2.45) is 7.05 Å². The number of hydrogen-bond donors (Lipinski definition) is 2. The van der Waals surface area contributed by atoms with E-state index in [1.54, 1.807) is 30.3 Å². The number of rotatable bonds is 2. The summed E-state index contributed by atoms with van der Waals surface area (Å²) in [5, 5.41) is 6.96. The summed E-state index contributed by atoms with van der Waals surface area (Å²) in [6.07, 6.45) is 5.07. The quantitative estimate of drug-likeness (QED) is 0.858. The second-order valence-corrected chi connectivity index (χ2v) is 3.87. The zero-order chi connectivity index (χ0) is 10.8. The molecular formula is C8H9BrN6. The summed E-state index contributed by atoms with van der Waals surface area (Å²) in [6, 6.07) is 0. The van der Waals surface area contributed by atoms with Crippen LogP contribution in [0.4, 0.5) is 17.5 Å². The van der Waals surface area contributed by atoms with Crippen molar-refractivity contribution in [1.82, 2.24) is 19.7 Å². The van der Waals surface area contributed by atoms with Gasteiger partial charge in [0.05, 0.1) is 10.7 Å². The Kier molecular flexibility index (Phi) is 2.55. The Labute approximate surface area is 94.7 Å². The van der Waals surface area contributed by atoms with E-state index >= 15 is 0 Å². The smallest absolute Gasteiger partial charge is 0.227 e. The maximum absolute atomic E-state index is 5.66. The minimum Gasteiger partial charge on any atom is -0.380 e. The second-order valence-electron chi connectivity index (χ2n) is 2.95. The van der Waals surface area contributed by atoms with Crippen molar-refractivity contribution >= 4 is 33.4 Å². The van der Waals surface area contributed by atoms with E-state index in [9.17, 15) is 0 Å². The molecule has 78 valence electrons. The summed E-state index contributed by atoms with van der Waals surface area (Å²) >= 11 is 3.26. The van der Waals surface area contributed by atoms with Gasteiger partial charge < -0.3 is 11.1 Å². The Morgan fingerprint density at radius 2 is 2.07 bits per heavy atom. The van der Waals surface area contributed by atoms with E-state index in [4.69, 9.17) is 5.73 Å². The first-order valence-corrected chi connectivity index (χ1v) is 4.98. The van der Waals surface area contributed by atoms with Crippen LogP contribution in [-0.2, 0) is 7.05 Å². The summed E-state index contributed by atoms with van der Waals surface area (Å²) in [5.41, 5.74) is 6.35. The SMILES string of the molecule is Cn1cc(Nc2ncc(Br)cn2)c(N)n1. The molecule has 6 nitrogen and oxygen atoms in total. The van der Waals surface area contributed by atoms with Crippen LogP contribution in [0.2, 0.25) is 0 Å². The normalized spacial score (nSPS) is 10.3. The van der Waals surface area contributed by atoms with Gasteiger partial charge in [0, 0.05) is 19.4 Å². The van der Waals surface area contributed by atoms with E-state index in [1.807, 2.05) is 0 Å². The Hall–Kier alpha value is -1.63. The van der Waals surface area contributed by atoms with Gasteiger partial charge in [-0.15, -0.1) is 0 Å². The van der Waals surface area contributed by atoms with Gasteiger partial charge in [0.15, 0.2) is 5.82 Å². The van der Waals surface area contributed by atoms with Crippen LogP contribution in [0.5, 0.6) is 0 Å². The fraction of sp³-hybridized carbons (Fsp3) is 0.125. The molecule has 0 aliphatic rings. The third-order valence-corrected chi connectivity index (χ3v) is 2.13. The largest absolute Gasteiger partial charge is 0.380 e. The van der Waals surface area contributed by atoms with Crippen LogP contribution < -0.4 is 11.1 Å². The molecule has 2 aromatic heterocycles. The summed E-state index contributed by atoms with van der Waals surface area (Å²) in [4.78, 5) is 8.12. The molecule has 0 fully saturated rings. The molecule has 0 aliphatic heterocycles. The second kappa shape index (κ2) is 3.85. The molecule has 2 heterocycles. The van der Waals surface area contributed by atoms with Gasteiger partial charge in [-0.2, -0.15) is 5.10 Å². The van der Waals surface area contributed by atoms with Crippen LogP contribution in [0.15, 0.2) is 23.1 Å². The molecule has 0 radical (unpaired) electrons. The highest BCUT2D eigenvalue weighted by Gasteiger charge is 2.04. The number of aryl methyl sites for hydroxylation is 1. The van der Waals surface area contributed by atoms with Crippen LogP contribution in [0, 0.1) is 0 Å². The third kappa shape index (κ3) is 2.24. The van der Waals surface area contributed by atoms with Gasteiger partial charge in [-0.25, -0.2) is 9.97 Å². The minimum atomic E-state index is 0.420. The first-order valence-electron chi connectivity index (χ1n) is 4.19. The molecule has 0 bridgehead atoms. The Balaban J connectivity index is 2.21. The number of hydrogen-bond acceptors (Lipinski definition) is 5. The predicted octanol–water partition coefficient (Wildman–Crippen LogP) is 1.30. The van der Waals surface area contributed by atoms with E-state index in [0.29, 0.717) is 17.5 Å². The van der Waals surface area contributed by atoms with Gasteiger partial charge in [0.1, 0.15) is 5.69 Å². The summed E-state index contributed by atoms with van der Waals surface area (Å²) < 4.78 is 2.45. The van der Waals surface area contributed by atoms with Crippen molar-refractivity contribution in [2.75, 3.05) is 11.1 Å². The molecule has 7 heteroatoms. The van der Waals surface area contributed by atoms with Gasteiger partial charge >= 0.3 is 0 Å². The lowest BCUT2D eigenvalue weighted by molar-refractivity contribution is 0.772. The first-order chi connectivity index (χ1) is 7.15. The maximum atomic E-state index is 5.66. The van der Waals surface area contributed by atoms with Crippen LogP contribution in [-0.4, -0.2) is 19.7 Å². The van der Waals surface area contributed by atoms with E-state index in [0.717, 1.165) is 4.47 Å². The van der Waals surface area contributed by atoms with Crippen LogP contribution in [0.1, 0.15) is 0 Å². The summed E-state index contributed by atoms with van der Waals surface area (Å²) in [5.74, 6) is 0.905. The van der Waals surface area contributed by atoms with Crippen molar-refractivity contribution in [3.63, 3.8) is 0 Å². The van der Waals surface area contributed by atoms with E-state index in [1.165, 1.54) is 0 Å². The van der Waals surface area contributed by atoms with Crippen LogP contribution in [0.3, 0.4) is 0 Å². The van der Waals surface area contributed by atoms with Gasteiger partial charge in [0.2, 0.25) is 5.95 Å². The molecule has 0 amide bonds. The topological polar surface area (TPSA) is 81.7 Å². The lowest BCUT2D eigenvalue weighted by Gasteiger charge is -2.01. The number of halogens is 1. The summed E-state index contributed by atoms with van der Waals surface area (Å²) in [6.45, 7) is 0. The van der Waals surface area contributed by atoms with Gasteiger partial charge in [-0.05, 0) is 15.9 Å². The molecule has 2 aromatic rings.